The fraction of sp³-hybridized carbons (Fsp3) is 0.250. The first-order chi connectivity index (χ1) is 11.9. The third kappa shape index (κ3) is 3.30. The Balaban J connectivity index is 2.00. The van der Waals surface area contributed by atoms with Gasteiger partial charge in [0, 0.05) is 29.3 Å². The molecule has 1 aliphatic rings. The zero-order chi connectivity index (χ0) is 18.1. The molecule has 1 aliphatic carbocycles. The third-order valence-electron chi connectivity index (χ3n) is 4.58. The lowest BCUT2D eigenvalue weighted by Gasteiger charge is -2.19. The van der Waals surface area contributed by atoms with Crippen molar-refractivity contribution in [2.75, 3.05) is 0 Å². The molecule has 0 saturated heterocycles. The number of hydrogen-bond acceptors (Lipinski definition) is 2. The Morgan fingerprint density at radius 3 is 2.48 bits per heavy atom. The SMILES string of the molecule is C#CCC1CC(=O)C(c2c(F)cc(-c3ccc(F)cc3)cc2Cl)C1O. The smallest absolute Gasteiger partial charge is 0.143 e. The van der Waals surface area contributed by atoms with E-state index in [0.717, 1.165) is 0 Å². The predicted octanol–water partition coefficient (Wildman–Crippen LogP) is 4.34. The Hall–Kier alpha value is -2.22. The summed E-state index contributed by atoms with van der Waals surface area (Å²) in [6.07, 6.45) is 4.54. The van der Waals surface area contributed by atoms with Gasteiger partial charge in [0.05, 0.1) is 12.0 Å². The largest absolute Gasteiger partial charge is 0.392 e. The third-order valence-corrected chi connectivity index (χ3v) is 4.90. The first kappa shape index (κ1) is 17.6. The van der Waals surface area contributed by atoms with E-state index in [9.17, 15) is 18.7 Å². The molecule has 1 saturated carbocycles. The highest BCUT2D eigenvalue weighted by Gasteiger charge is 2.43. The molecule has 5 heteroatoms. The number of hydrogen-bond donors (Lipinski definition) is 1. The number of benzene rings is 2. The van der Waals surface area contributed by atoms with Gasteiger partial charge in [-0.05, 0) is 35.4 Å². The summed E-state index contributed by atoms with van der Waals surface area (Å²) in [5, 5.41) is 10.4. The van der Waals surface area contributed by atoms with Crippen molar-refractivity contribution in [1.29, 1.82) is 0 Å². The summed E-state index contributed by atoms with van der Waals surface area (Å²) >= 11 is 6.23. The molecule has 0 bridgehead atoms. The van der Waals surface area contributed by atoms with Crippen LogP contribution < -0.4 is 0 Å². The lowest BCUT2D eigenvalue weighted by atomic mass is 9.90. The average molecular weight is 361 g/mol. The summed E-state index contributed by atoms with van der Waals surface area (Å²) in [6.45, 7) is 0. The zero-order valence-electron chi connectivity index (χ0n) is 13.2. The number of Topliss-reactive ketones (excluding diaryl/α,β-unsaturated/α-hetero) is 1. The number of ketones is 1. The monoisotopic (exact) mass is 360 g/mol. The standard InChI is InChI=1S/C20H15ClF2O2/c1-2-3-12-10-17(24)19(20(12)25)18-15(21)8-13(9-16(18)23)11-4-6-14(22)7-5-11/h1,4-9,12,19-20,25H,3,10H2. The normalized spacial score (nSPS) is 22.8. The van der Waals surface area contributed by atoms with Crippen LogP contribution >= 0.6 is 11.6 Å². The van der Waals surface area contributed by atoms with Crippen LogP contribution in [0.25, 0.3) is 11.1 Å². The summed E-state index contributed by atoms with van der Waals surface area (Å²) < 4.78 is 27.8. The highest BCUT2D eigenvalue weighted by molar-refractivity contribution is 6.32. The number of aliphatic hydroxyl groups excluding tert-OH is 1. The second-order valence-electron chi connectivity index (χ2n) is 6.17. The van der Waals surface area contributed by atoms with Gasteiger partial charge in [0.15, 0.2) is 0 Å². The van der Waals surface area contributed by atoms with Crippen LogP contribution in [-0.2, 0) is 4.79 Å². The summed E-state index contributed by atoms with van der Waals surface area (Å²) in [5.74, 6) is -0.334. The van der Waals surface area contributed by atoms with Crippen molar-refractivity contribution in [1.82, 2.24) is 0 Å². The van der Waals surface area contributed by atoms with E-state index in [0.29, 0.717) is 11.1 Å². The molecule has 128 valence electrons. The first-order valence-electron chi connectivity index (χ1n) is 7.81. The van der Waals surface area contributed by atoms with Crippen LogP contribution in [0.5, 0.6) is 0 Å². The van der Waals surface area contributed by atoms with Crippen LogP contribution in [0.2, 0.25) is 5.02 Å². The van der Waals surface area contributed by atoms with Gasteiger partial charge in [-0.1, -0.05) is 23.7 Å². The van der Waals surface area contributed by atoms with E-state index < -0.39 is 29.6 Å². The van der Waals surface area contributed by atoms with Gasteiger partial charge in [-0.15, -0.1) is 12.3 Å². The zero-order valence-corrected chi connectivity index (χ0v) is 13.9. The lowest BCUT2D eigenvalue weighted by Crippen LogP contribution is -2.22. The molecule has 25 heavy (non-hydrogen) atoms. The van der Waals surface area contributed by atoms with E-state index in [1.807, 2.05) is 0 Å². The Bertz CT molecular complexity index is 832. The van der Waals surface area contributed by atoms with Crippen LogP contribution in [0.15, 0.2) is 36.4 Å². The minimum absolute atomic E-state index is 0.00968. The molecule has 2 nitrogen and oxygen atoms in total. The summed E-state index contributed by atoms with van der Waals surface area (Å²) in [7, 11) is 0. The fourth-order valence-electron chi connectivity index (χ4n) is 3.34. The maximum Gasteiger partial charge on any atom is 0.143 e. The molecule has 0 spiro atoms. The van der Waals surface area contributed by atoms with Gasteiger partial charge < -0.3 is 5.11 Å². The molecule has 3 unspecified atom stereocenters. The molecule has 2 aromatic rings. The van der Waals surface area contributed by atoms with Crippen molar-refractivity contribution < 1.29 is 18.7 Å². The Labute approximate surface area is 149 Å². The maximum absolute atomic E-state index is 14.7. The molecule has 0 amide bonds. The molecule has 1 N–H and O–H groups in total. The topological polar surface area (TPSA) is 37.3 Å². The summed E-state index contributed by atoms with van der Waals surface area (Å²) in [4.78, 5) is 12.3. The minimum atomic E-state index is -1.06. The lowest BCUT2D eigenvalue weighted by molar-refractivity contribution is -0.119. The number of rotatable bonds is 3. The van der Waals surface area contributed by atoms with Crippen LogP contribution in [-0.4, -0.2) is 17.0 Å². The van der Waals surface area contributed by atoms with Crippen LogP contribution in [0.4, 0.5) is 8.78 Å². The molecule has 0 radical (unpaired) electrons. The van der Waals surface area contributed by atoms with E-state index in [-0.39, 0.29) is 29.2 Å². The second-order valence-corrected chi connectivity index (χ2v) is 6.57. The van der Waals surface area contributed by atoms with E-state index in [4.69, 9.17) is 18.0 Å². The molecule has 0 aromatic heterocycles. The van der Waals surface area contributed by atoms with Gasteiger partial charge in [0.2, 0.25) is 0 Å². The van der Waals surface area contributed by atoms with Gasteiger partial charge in [-0.3, -0.25) is 4.79 Å². The van der Waals surface area contributed by atoms with E-state index in [1.54, 1.807) is 0 Å². The first-order valence-corrected chi connectivity index (χ1v) is 8.19. The average Bonchev–Trinajstić information content (AvgIpc) is 2.83. The molecule has 2 aromatic carbocycles. The van der Waals surface area contributed by atoms with Gasteiger partial charge in [-0.2, -0.15) is 0 Å². The number of carbonyl (C=O) groups excluding carboxylic acids is 1. The van der Waals surface area contributed by atoms with Crippen molar-refractivity contribution in [3.05, 3.63) is 58.6 Å². The van der Waals surface area contributed by atoms with Crippen LogP contribution in [0.3, 0.4) is 0 Å². The minimum Gasteiger partial charge on any atom is -0.392 e. The number of terminal acetylenes is 1. The Kier molecular flexibility index (Phi) is 4.89. The number of aliphatic hydroxyl groups is 1. The number of halogens is 3. The van der Waals surface area contributed by atoms with Gasteiger partial charge in [-0.25, -0.2) is 8.78 Å². The maximum atomic E-state index is 14.7. The molecule has 1 fully saturated rings. The molecular formula is C20H15ClF2O2. The molecule has 3 rings (SSSR count). The van der Waals surface area contributed by atoms with Crippen molar-refractivity contribution in [3.8, 4) is 23.5 Å². The molecule has 0 heterocycles. The van der Waals surface area contributed by atoms with Crippen LogP contribution in [0.1, 0.15) is 24.3 Å². The molecule has 0 aliphatic heterocycles. The van der Waals surface area contributed by atoms with Crippen molar-refractivity contribution in [3.63, 3.8) is 0 Å². The number of carbonyl (C=O) groups is 1. The van der Waals surface area contributed by atoms with Gasteiger partial charge in [0.25, 0.3) is 0 Å². The molecular weight excluding hydrogens is 346 g/mol. The predicted molar refractivity (Wildman–Crippen MR) is 92.1 cm³/mol. The summed E-state index contributed by atoms with van der Waals surface area (Å²) in [5.41, 5.74) is 1.05. The highest BCUT2D eigenvalue weighted by atomic mass is 35.5. The van der Waals surface area contributed by atoms with Gasteiger partial charge in [0.1, 0.15) is 17.4 Å². The van der Waals surface area contributed by atoms with Crippen molar-refractivity contribution in [2.24, 2.45) is 5.92 Å². The van der Waals surface area contributed by atoms with Crippen LogP contribution in [0, 0.1) is 29.9 Å². The highest BCUT2D eigenvalue weighted by Crippen LogP contribution is 2.42. The second kappa shape index (κ2) is 6.95. The van der Waals surface area contributed by atoms with Crippen molar-refractivity contribution in [2.45, 2.75) is 24.9 Å². The Morgan fingerprint density at radius 1 is 1.20 bits per heavy atom. The van der Waals surface area contributed by atoms with Crippen molar-refractivity contribution >= 4 is 17.4 Å². The van der Waals surface area contributed by atoms with E-state index in [1.165, 1.54) is 36.4 Å². The van der Waals surface area contributed by atoms with E-state index in [2.05, 4.69) is 5.92 Å². The van der Waals surface area contributed by atoms with Gasteiger partial charge >= 0.3 is 0 Å². The van der Waals surface area contributed by atoms with E-state index >= 15 is 0 Å². The molecule has 3 atom stereocenters. The Morgan fingerprint density at radius 2 is 1.88 bits per heavy atom. The fourth-order valence-corrected chi connectivity index (χ4v) is 3.66. The summed E-state index contributed by atoms with van der Waals surface area (Å²) in [6, 6.07) is 8.31. The quantitative estimate of drug-likeness (QED) is 0.827.